The molecule has 0 atom stereocenters. The monoisotopic (exact) mass is 179 g/mol. The van der Waals surface area contributed by atoms with Gasteiger partial charge in [0.15, 0.2) is 0 Å². The van der Waals surface area contributed by atoms with Gasteiger partial charge in [-0.15, -0.1) is 0 Å². The topological polar surface area (TPSA) is 28.2 Å². The van der Waals surface area contributed by atoms with Crippen molar-refractivity contribution in [2.24, 2.45) is 0 Å². The Kier molecular flexibility index (Phi) is 4.26. The van der Waals surface area contributed by atoms with E-state index >= 15 is 0 Å². The molecular formula is C10H17N3. The second-order valence-electron chi connectivity index (χ2n) is 2.86. The van der Waals surface area contributed by atoms with Crippen molar-refractivity contribution in [2.75, 3.05) is 18.1 Å². The molecule has 0 spiro atoms. The summed E-state index contributed by atoms with van der Waals surface area (Å²) in [6.07, 6.45) is 4.79. The molecule has 3 nitrogen and oxygen atoms in total. The number of nitrogens with one attached hydrogen (secondary N) is 1. The zero-order valence-electron chi connectivity index (χ0n) is 8.33. The van der Waals surface area contributed by atoms with Gasteiger partial charge in [-0.2, -0.15) is 0 Å². The van der Waals surface area contributed by atoms with Crippen molar-refractivity contribution in [3.05, 3.63) is 24.5 Å². The Balaban J connectivity index is 2.56. The van der Waals surface area contributed by atoms with Gasteiger partial charge in [0, 0.05) is 19.3 Å². The average molecular weight is 179 g/mol. The zero-order valence-corrected chi connectivity index (χ0v) is 8.33. The summed E-state index contributed by atoms with van der Waals surface area (Å²) in [5.41, 5.74) is 4.45. The first-order valence-corrected chi connectivity index (χ1v) is 4.79. The smallest absolute Gasteiger partial charge is 0.0702 e. The van der Waals surface area contributed by atoms with Crippen LogP contribution in [-0.2, 0) is 0 Å². The minimum Gasteiger partial charge on any atom is -0.307 e. The average Bonchev–Trinajstić information content (AvgIpc) is 2.21. The van der Waals surface area contributed by atoms with Gasteiger partial charge in [0.25, 0.3) is 0 Å². The number of pyridine rings is 1. The zero-order chi connectivity index (χ0) is 9.52. The van der Waals surface area contributed by atoms with Crippen LogP contribution in [0.5, 0.6) is 0 Å². The number of hydrogen-bond acceptors (Lipinski definition) is 3. The molecule has 3 heteroatoms. The van der Waals surface area contributed by atoms with E-state index in [1.165, 1.54) is 0 Å². The highest BCUT2D eigenvalue weighted by Gasteiger charge is 2.00. The van der Waals surface area contributed by atoms with Crippen LogP contribution >= 0.6 is 0 Å². The third-order valence-corrected chi connectivity index (χ3v) is 1.83. The summed E-state index contributed by atoms with van der Waals surface area (Å²) >= 11 is 0. The molecule has 1 aromatic rings. The quantitative estimate of drug-likeness (QED) is 0.699. The maximum absolute atomic E-state index is 4.08. The fraction of sp³-hybridized carbons (Fsp3) is 0.500. The molecule has 0 radical (unpaired) electrons. The van der Waals surface area contributed by atoms with Crippen molar-refractivity contribution >= 4 is 5.69 Å². The summed E-state index contributed by atoms with van der Waals surface area (Å²) in [4.78, 5) is 4.08. The van der Waals surface area contributed by atoms with Crippen molar-refractivity contribution in [2.45, 2.75) is 20.3 Å². The summed E-state index contributed by atoms with van der Waals surface area (Å²) in [6.45, 7) is 6.23. The highest BCUT2D eigenvalue weighted by Crippen LogP contribution is 2.07. The molecule has 0 saturated heterocycles. The minimum absolute atomic E-state index is 0.950. The van der Waals surface area contributed by atoms with Crippen LogP contribution in [0.3, 0.4) is 0 Å². The fourth-order valence-corrected chi connectivity index (χ4v) is 1.15. The molecular weight excluding hydrogens is 162 g/mol. The lowest BCUT2D eigenvalue weighted by atomic mass is 10.4. The highest BCUT2D eigenvalue weighted by molar-refractivity contribution is 5.41. The van der Waals surface area contributed by atoms with E-state index in [1.54, 1.807) is 6.20 Å². The Morgan fingerprint density at radius 1 is 1.46 bits per heavy atom. The van der Waals surface area contributed by atoms with Crippen molar-refractivity contribution < 1.29 is 0 Å². The van der Waals surface area contributed by atoms with E-state index in [1.807, 2.05) is 12.3 Å². The predicted octanol–water partition coefficient (Wildman–Crippen LogP) is 1.82. The number of rotatable bonds is 5. The second kappa shape index (κ2) is 5.54. The van der Waals surface area contributed by atoms with Gasteiger partial charge in [-0.1, -0.05) is 6.92 Å². The van der Waals surface area contributed by atoms with Gasteiger partial charge in [-0.25, -0.2) is 5.43 Å². The molecule has 0 unspecified atom stereocenters. The molecule has 0 saturated carbocycles. The number of nitrogens with zero attached hydrogens (tertiary/aromatic N) is 2. The van der Waals surface area contributed by atoms with Crippen molar-refractivity contribution in [1.29, 1.82) is 0 Å². The van der Waals surface area contributed by atoms with Crippen molar-refractivity contribution in [3.8, 4) is 0 Å². The largest absolute Gasteiger partial charge is 0.307 e. The molecule has 0 aromatic carbocycles. The molecule has 0 aliphatic heterocycles. The fourth-order valence-electron chi connectivity index (χ4n) is 1.15. The minimum atomic E-state index is 0.950. The maximum atomic E-state index is 4.08. The van der Waals surface area contributed by atoms with Crippen LogP contribution in [0, 0.1) is 0 Å². The van der Waals surface area contributed by atoms with E-state index < -0.39 is 0 Å². The van der Waals surface area contributed by atoms with Crippen molar-refractivity contribution in [1.82, 2.24) is 10.4 Å². The molecule has 72 valence electrons. The van der Waals surface area contributed by atoms with E-state index in [9.17, 15) is 0 Å². The lowest BCUT2D eigenvalue weighted by molar-refractivity contribution is 0.627. The first-order chi connectivity index (χ1) is 6.38. The Bertz CT molecular complexity index is 223. The van der Waals surface area contributed by atoms with Crippen LogP contribution in [0.1, 0.15) is 20.3 Å². The number of anilines is 1. The third-order valence-electron chi connectivity index (χ3n) is 1.83. The molecule has 1 rings (SSSR count). The molecule has 1 heterocycles. The van der Waals surface area contributed by atoms with Gasteiger partial charge < -0.3 is 5.01 Å². The standard InChI is InChI=1S/C10H17N3/c1-3-7-12-13(4-2)10-6-5-8-11-9-10/h5-6,8-9,12H,3-4,7H2,1-2H3. The first-order valence-electron chi connectivity index (χ1n) is 4.79. The number of aromatic nitrogens is 1. The summed E-state index contributed by atoms with van der Waals surface area (Å²) in [5.74, 6) is 0. The molecule has 0 bridgehead atoms. The Morgan fingerprint density at radius 2 is 2.31 bits per heavy atom. The lowest BCUT2D eigenvalue weighted by Crippen LogP contribution is -2.38. The Labute approximate surface area is 79.8 Å². The van der Waals surface area contributed by atoms with Gasteiger partial charge in [0.1, 0.15) is 0 Å². The third kappa shape index (κ3) is 3.03. The molecule has 0 fully saturated rings. The molecule has 0 amide bonds. The van der Waals surface area contributed by atoms with Crippen LogP contribution < -0.4 is 10.4 Å². The molecule has 0 aliphatic rings. The second-order valence-corrected chi connectivity index (χ2v) is 2.86. The van der Waals surface area contributed by atoms with Gasteiger partial charge in [0.05, 0.1) is 11.9 Å². The number of hydrazine groups is 1. The van der Waals surface area contributed by atoms with Gasteiger partial charge in [-0.05, 0) is 25.5 Å². The van der Waals surface area contributed by atoms with Gasteiger partial charge in [-0.3, -0.25) is 4.98 Å². The van der Waals surface area contributed by atoms with Crippen molar-refractivity contribution in [3.63, 3.8) is 0 Å². The van der Waals surface area contributed by atoms with E-state index in [0.717, 1.165) is 25.2 Å². The molecule has 1 N–H and O–H groups in total. The molecule has 13 heavy (non-hydrogen) atoms. The molecule has 1 aromatic heterocycles. The van der Waals surface area contributed by atoms with E-state index in [2.05, 4.69) is 35.3 Å². The lowest BCUT2D eigenvalue weighted by Gasteiger charge is -2.23. The normalized spacial score (nSPS) is 10.0. The SMILES string of the molecule is CCCNN(CC)c1cccnc1. The Morgan fingerprint density at radius 3 is 2.85 bits per heavy atom. The van der Waals surface area contributed by atoms with Crippen LogP contribution in [0.2, 0.25) is 0 Å². The predicted molar refractivity (Wildman–Crippen MR) is 55.6 cm³/mol. The maximum Gasteiger partial charge on any atom is 0.0702 e. The van der Waals surface area contributed by atoms with Gasteiger partial charge in [0.2, 0.25) is 0 Å². The highest BCUT2D eigenvalue weighted by atomic mass is 15.5. The molecule has 0 aliphatic carbocycles. The van der Waals surface area contributed by atoms with E-state index in [-0.39, 0.29) is 0 Å². The van der Waals surface area contributed by atoms with Crippen LogP contribution in [0.15, 0.2) is 24.5 Å². The summed E-state index contributed by atoms with van der Waals surface area (Å²) in [6, 6.07) is 4.00. The van der Waals surface area contributed by atoms with E-state index in [4.69, 9.17) is 0 Å². The summed E-state index contributed by atoms with van der Waals surface area (Å²) in [7, 11) is 0. The summed E-state index contributed by atoms with van der Waals surface area (Å²) < 4.78 is 0. The summed E-state index contributed by atoms with van der Waals surface area (Å²) in [5, 5.41) is 2.11. The number of hydrogen-bond donors (Lipinski definition) is 1. The van der Waals surface area contributed by atoms with Crippen LogP contribution in [-0.4, -0.2) is 18.1 Å². The van der Waals surface area contributed by atoms with E-state index in [0.29, 0.717) is 0 Å². The van der Waals surface area contributed by atoms with Crippen LogP contribution in [0.25, 0.3) is 0 Å². The van der Waals surface area contributed by atoms with Gasteiger partial charge >= 0.3 is 0 Å². The van der Waals surface area contributed by atoms with Crippen LogP contribution in [0.4, 0.5) is 5.69 Å². The Hall–Kier alpha value is -1.09. The first kappa shape index (κ1) is 9.99.